The molecule has 0 spiro atoms. The van der Waals surface area contributed by atoms with Gasteiger partial charge in [-0.3, -0.25) is 0 Å². The molecule has 7 unspecified atom stereocenters. The lowest BCUT2D eigenvalue weighted by molar-refractivity contribution is -0.112. The topological polar surface area (TPSA) is 9.23 Å². The molecule has 0 aliphatic heterocycles. The molecule has 4 heteroatoms. The van der Waals surface area contributed by atoms with Gasteiger partial charge in [0.25, 0.3) is 0 Å². The Kier molecular flexibility index (Phi) is 51.8. The van der Waals surface area contributed by atoms with Gasteiger partial charge in [-0.1, -0.05) is 408 Å². The van der Waals surface area contributed by atoms with Crippen LogP contribution in [-0.4, -0.2) is 30.2 Å². The minimum absolute atomic E-state index is 0.0257. The molecular formula is C112H233F3O. The van der Waals surface area contributed by atoms with E-state index in [1.807, 2.05) is 41.5 Å². The van der Waals surface area contributed by atoms with Gasteiger partial charge in [-0.15, -0.1) is 0 Å². The molecule has 0 heterocycles. The van der Waals surface area contributed by atoms with Crippen LogP contribution in [0.1, 0.15) is 544 Å². The molecular weight excluding hydrogens is 1420 g/mol. The zero-order valence-corrected chi connectivity index (χ0v) is 93.0. The van der Waals surface area contributed by atoms with E-state index >= 15 is 0 Å². The van der Waals surface area contributed by atoms with E-state index in [0.717, 1.165) is 61.9 Å². The average Bonchev–Trinajstić information content (AvgIpc) is 0.953. The van der Waals surface area contributed by atoms with Crippen LogP contribution in [0, 0.1) is 150 Å². The van der Waals surface area contributed by atoms with Gasteiger partial charge in [-0.2, -0.15) is 0 Å². The van der Waals surface area contributed by atoms with Gasteiger partial charge in [0.05, 0.1) is 5.60 Å². The molecule has 7 atom stereocenters. The fourth-order valence-electron chi connectivity index (χ4n) is 15.7. The third kappa shape index (κ3) is 72.0. The summed E-state index contributed by atoms with van der Waals surface area (Å²) >= 11 is 0. The molecule has 0 N–H and O–H groups in total. The predicted octanol–water partition coefficient (Wildman–Crippen LogP) is 40.4. The Morgan fingerprint density at radius 1 is 0.293 bits per heavy atom. The van der Waals surface area contributed by atoms with Crippen molar-refractivity contribution in [1.82, 2.24) is 0 Å². The molecule has 0 aromatic carbocycles. The third-order valence-electron chi connectivity index (χ3n) is 25.3. The average molecular weight is 1650 g/mol. The van der Waals surface area contributed by atoms with Gasteiger partial charge in [0.1, 0.15) is 18.0 Å². The molecule has 0 amide bonds. The summed E-state index contributed by atoms with van der Waals surface area (Å²) in [5, 5.41) is 0. The van der Waals surface area contributed by atoms with Crippen molar-refractivity contribution in [2.24, 2.45) is 150 Å². The van der Waals surface area contributed by atoms with Gasteiger partial charge in [-0.05, 0) is 287 Å². The molecule has 116 heavy (non-hydrogen) atoms. The summed E-state index contributed by atoms with van der Waals surface area (Å²) in [6.07, 6.45) is 21.7. The van der Waals surface area contributed by atoms with Crippen LogP contribution in [0.25, 0.3) is 0 Å². The van der Waals surface area contributed by atoms with E-state index in [0.29, 0.717) is 88.7 Å². The molecule has 0 radical (unpaired) electrons. The summed E-state index contributed by atoms with van der Waals surface area (Å²) in [5.41, 5.74) is 6.06. The smallest absolute Gasteiger partial charge is 0.116 e. The Hall–Kier alpha value is -0.250. The zero-order valence-electron chi connectivity index (χ0n) is 93.0. The molecule has 1 nitrogen and oxygen atoms in total. The molecule has 4 aliphatic carbocycles. The monoisotopic (exact) mass is 1650 g/mol. The zero-order chi connectivity index (χ0) is 95.1. The van der Waals surface area contributed by atoms with Crippen molar-refractivity contribution in [2.45, 2.75) is 568 Å². The molecule has 4 fully saturated rings. The second kappa shape index (κ2) is 47.5. The van der Waals surface area contributed by atoms with Crippen LogP contribution >= 0.6 is 0 Å². The normalized spacial score (nSPS) is 23.1. The summed E-state index contributed by atoms with van der Waals surface area (Å²) in [6, 6.07) is 0. The molecule has 708 valence electrons. The Labute approximate surface area is 738 Å². The van der Waals surface area contributed by atoms with Crippen LogP contribution in [0.2, 0.25) is 0 Å². The highest BCUT2D eigenvalue weighted by Crippen LogP contribution is 2.58. The van der Waals surface area contributed by atoms with Gasteiger partial charge >= 0.3 is 0 Å². The van der Waals surface area contributed by atoms with Crippen LogP contribution in [0.4, 0.5) is 13.2 Å². The van der Waals surface area contributed by atoms with Crippen molar-refractivity contribution >= 4 is 0 Å². The second-order valence-electron chi connectivity index (χ2n) is 61.4. The van der Waals surface area contributed by atoms with Gasteiger partial charge in [0.2, 0.25) is 0 Å². The highest BCUT2D eigenvalue weighted by molar-refractivity contribution is 5.05. The molecule has 4 aliphatic rings. The fraction of sp³-hybridized carbons (Fsp3) is 1.00. The van der Waals surface area contributed by atoms with Crippen LogP contribution in [0.15, 0.2) is 0 Å². The molecule has 0 aromatic rings. The van der Waals surface area contributed by atoms with E-state index in [4.69, 9.17) is 4.74 Å². The summed E-state index contributed by atoms with van der Waals surface area (Å²) in [4.78, 5) is 0. The van der Waals surface area contributed by atoms with E-state index in [-0.39, 0.29) is 44.0 Å². The van der Waals surface area contributed by atoms with Crippen molar-refractivity contribution < 1.29 is 17.9 Å². The minimum Gasteiger partial charge on any atom is -0.376 e. The minimum atomic E-state index is -0.912. The predicted molar refractivity (Wildman–Crippen MR) is 530 cm³/mol. The van der Waals surface area contributed by atoms with E-state index in [1.165, 1.54) is 89.9 Å². The van der Waals surface area contributed by atoms with Gasteiger partial charge < -0.3 is 4.74 Å². The Morgan fingerprint density at radius 3 is 0.724 bits per heavy atom. The van der Waals surface area contributed by atoms with E-state index < -0.39 is 18.0 Å². The first kappa shape index (κ1) is 127. The maximum absolute atomic E-state index is 14.2. The van der Waals surface area contributed by atoms with Crippen LogP contribution < -0.4 is 0 Å². The highest BCUT2D eigenvalue weighted by atomic mass is 19.1. The summed E-state index contributed by atoms with van der Waals surface area (Å²) in [7, 11) is 0. The Morgan fingerprint density at radius 2 is 0.560 bits per heavy atom. The maximum atomic E-state index is 14.2. The van der Waals surface area contributed by atoms with Crippen LogP contribution in [0.5, 0.6) is 0 Å². The van der Waals surface area contributed by atoms with E-state index in [2.05, 4.69) is 381 Å². The van der Waals surface area contributed by atoms with Crippen molar-refractivity contribution in [2.75, 3.05) is 6.61 Å². The Balaban J connectivity index is -0.000000290. The quantitative estimate of drug-likeness (QED) is 0.220. The number of hydrogen-bond acceptors (Lipinski definition) is 1. The first-order chi connectivity index (χ1) is 49.7. The largest absolute Gasteiger partial charge is 0.376 e. The van der Waals surface area contributed by atoms with Gasteiger partial charge in [-0.25, -0.2) is 13.2 Å². The molecule has 4 rings (SSSR count). The first-order valence-corrected chi connectivity index (χ1v) is 48.3. The number of ether oxygens (including phenoxy) is 1. The standard InChI is InChI=1S/C13H25F.C13H26.C12H23F.C12H24.C11H24O.2C11H24.C10H21F.C10H22.C9H20/c1-12(2,3)9-7-10(11(14)8-9)13(4,5)6;1-12(2,3)10-7-8-11(9-10)13(4,5)6;1-10(2,3)9-7-12(13,8-9)11(4,5)6;1-11(2,3)9-7-10(8-9)12(4,5)6;1-10(2,3)8-7-9-12-11(4,5)6;1-9(11(5,6)7)8-10(2,3)4;1-10(2,3)8-7-9-11(4,5)6;1-9(2,3)7-8(11)10(4,5)6;1-9(2,3)7-8-10(4,5)6;1-8(2,3)7-9(4,5)6/h9-11H,7-8H2,1-6H3;10-11H,7-9H2,1-6H3;9H,7-8H2,1-6H3;9-10H,7-8H2,1-6H3;7-9H2,1-6H3;9H,8H2,1-7H3;7-9H2,1-6H3;8H,7H2,1-6H3;7-8H2,1-6H3;7H2,1-6H3. The number of hydrogen-bond donors (Lipinski definition) is 0. The Bertz CT molecular complexity index is 2340. The number of rotatable bonds is 8. The summed E-state index contributed by atoms with van der Waals surface area (Å²) in [5.74, 6) is 6.05. The lowest BCUT2D eigenvalue weighted by Crippen LogP contribution is -2.53. The number of alkyl halides is 3. The number of halogens is 3. The van der Waals surface area contributed by atoms with Crippen molar-refractivity contribution in [1.29, 1.82) is 0 Å². The maximum Gasteiger partial charge on any atom is 0.116 e. The third-order valence-corrected chi connectivity index (χ3v) is 25.3. The second-order valence-corrected chi connectivity index (χ2v) is 61.4. The van der Waals surface area contributed by atoms with Crippen molar-refractivity contribution in [3.8, 4) is 0 Å². The molecule has 4 saturated carbocycles. The van der Waals surface area contributed by atoms with Crippen LogP contribution in [-0.2, 0) is 4.74 Å². The molecule has 0 saturated heterocycles. The van der Waals surface area contributed by atoms with Crippen molar-refractivity contribution in [3.05, 3.63) is 0 Å². The highest BCUT2D eigenvalue weighted by Gasteiger charge is 2.55. The van der Waals surface area contributed by atoms with Crippen molar-refractivity contribution in [3.63, 3.8) is 0 Å². The van der Waals surface area contributed by atoms with Gasteiger partial charge in [0, 0.05) is 6.61 Å². The lowest BCUT2D eigenvalue weighted by atomic mass is 9.54. The SMILES string of the molecule is CC(C)(C)C1CC(C(C)(C)C)C1.CC(C)(C)C1CC(F)(C(C)(C)C)C1.CC(C)(C)C1CC(F)C(C(C)(C)C)C1.CC(C)(C)C1CCC(C(C)(C)C)C1.CC(C)(C)CC(C)(C)C.CC(C)(C)CC(F)C(C)(C)C.CC(C)(C)CCC(C)(C)C.CC(C)(C)CCCC(C)(C)C.CC(C)(C)CCCOC(C)(C)C.CC(CC(C)(C)C)C(C)(C)C. The summed E-state index contributed by atoms with van der Waals surface area (Å²) in [6.45, 7) is 138. The van der Waals surface area contributed by atoms with Gasteiger partial charge in [0.15, 0.2) is 0 Å². The van der Waals surface area contributed by atoms with E-state index in [1.54, 1.807) is 0 Å². The first-order valence-electron chi connectivity index (χ1n) is 48.3. The molecule has 0 bridgehead atoms. The fourth-order valence-corrected chi connectivity index (χ4v) is 15.7. The van der Waals surface area contributed by atoms with E-state index in [9.17, 15) is 13.2 Å². The summed E-state index contributed by atoms with van der Waals surface area (Å²) < 4.78 is 47.1. The lowest BCUT2D eigenvalue weighted by Gasteiger charge is -2.54. The van der Waals surface area contributed by atoms with Crippen LogP contribution in [0.3, 0.4) is 0 Å². The molecule has 0 aromatic heterocycles.